The maximum absolute atomic E-state index is 8.74. The Balaban J connectivity index is 1.99. The van der Waals surface area contributed by atoms with Gasteiger partial charge in [0, 0.05) is 29.3 Å². The van der Waals surface area contributed by atoms with E-state index in [0.717, 1.165) is 24.3 Å². The van der Waals surface area contributed by atoms with Crippen molar-refractivity contribution in [1.82, 2.24) is 4.98 Å². The van der Waals surface area contributed by atoms with E-state index in [1.54, 1.807) is 6.20 Å². The fourth-order valence-corrected chi connectivity index (χ4v) is 2.23. The van der Waals surface area contributed by atoms with E-state index in [1.807, 2.05) is 18.2 Å². The molecule has 3 rings (SSSR count). The summed E-state index contributed by atoms with van der Waals surface area (Å²) >= 11 is 0. The lowest BCUT2D eigenvalue weighted by atomic mass is 10.1. The highest BCUT2D eigenvalue weighted by molar-refractivity contribution is 5.74. The summed E-state index contributed by atoms with van der Waals surface area (Å²) in [5, 5.41) is 3.79. The summed E-state index contributed by atoms with van der Waals surface area (Å²) in [6, 6.07) is 5.68. The maximum atomic E-state index is 8.74. The van der Waals surface area contributed by atoms with Crippen molar-refractivity contribution in [3.8, 4) is 11.3 Å². The second kappa shape index (κ2) is 5.64. The second-order valence-electron chi connectivity index (χ2n) is 4.36. The molecule has 0 saturated carbocycles. The molecule has 1 saturated heterocycles. The monoisotopic (exact) mass is 271 g/mol. The van der Waals surface area contributed by atoms with Crippen LogP contribution in [0.2, 0.25) is 0 Å². The summed E-state index contributed by atoms with van der Waals surface area (Å²) in [5.41, 5.74) is 11.1. The van der Waals surface area contributed by atoms with Gasteiger partial charge in [-0.3, -0.25) is 0 Å². The molecule has 0 N–H and O–H groups in total. The molecule has 2 aromatic rings. The van der Waals surface area contributed by atoms with E-state index in [-0.39, 0.29) is 0 Å². The van der Waals surface area contributed by atoms with Crippen LogP contribution in [0.3, 0.4) is 0 Å². The SMILES string of the molecule is [N-]=[N+]=Nc1cc(-c2cnco2)ccc1N1CCOCC1. The molecule has 0 unspecified atom stereocenters. The molecule has 0 aliphatic carbocycles. The first kappa shape index (κ1) is 12.5. The first-order valence-corrected chi connectivity index (χ1v) is 6.29. The van der Waals surface area contributed by atoms with Crippen molar-refractivity contribution < 1.29 is 9.15 Å². The molecule has 0 atom stereocenters. The van der Waals surface area contributed by atoms with Gasteiger partial charge in [-0.1, -0.05) is 5.11 Å². The molecule has 102 valence electrons. The summed E-state index contributed by atoms with van der Waals surface area (Å²) in [6.45, 7) is 2.93. The largest absolute Gasteiger partial charge is 0.444 e. The van der Waals surface area contributed by atoms with E-state index in [2.05, 4.69) is 19.9 Å². The van der Waals surface area contributed by atoms with Gasteiger partial charge < -0.3 is 14.1 Å². The first-order valence-electron chi connectivity index (χ1n) is 6.29. The summed E-state index contributed by atoms with van der Waals surface area (Å²) in [4.78, 5) is 8.94. The van der Waals surface area contributed by atoms with Crippen LogP contribution in [0, 0.1) is 0 Å². The van der Waals surface area contributed by atoms with Crippen LogP contribution in [0.5, 0.6) is 0 Å². The zero-order valence-electron chi connectivity index (χ0n) is 10.8. The molecule has 1 fully saturated rings. The fraction of sp³-hybridized carbons (Fsp3) is 0.308. The third-order valence-electron chi connectivity index (χ3n) is 3.20. The van der Waals surface area contributed by atoms with Gasteiger partial charge in [0.05, 0.1) is 25.1 Å². The summed E-state index contributed by atoms with van der Waals surface area (Å²) in [5.74, 6) is 0.646. The first-order chi connectivity index (χ1) is 9.88. The number of rotatable bonds is 3. The minimum Gasteiger partial charge on any atom is -0.444 e. The fourth-order valence-electron chi connectivity index (χ4n) is 2.23. The topological polar surface area (TPSA) is 87.3 Å². The Bertz CT molecular complexity index is 628. The van der Waals surface area contributed by atoms with Crippen molar-refractivity contribution in [2.24, 2.45) is 5.11 Å². The van der Waals surface area contributed by atoms with Gasteiger partial charge in [0.15, 0.2) is 12.2 Å². The number of oxazole rings is 1. The van der Waals surface area contributed by atoms with E-state index in [1.165, 1.54) is 6.39 Å². The zero-order valence-corrected chi connectivity index (χ0v) is 10.8. The lowest BCUT2D eigenvalue weighted by Crippen LogP contribution is -2.36. The number of anilines is 1. The molecule has 2 heterocycles. The lowest BCUT2D eigenvalue weighted by Gasteiger charge is -2.30. The van der Waals surface area contributed by atoms with Gasteiger partial charge in [-0.2, -0.15) is 0 Å². The molecule has 0 spiro atoms. The number of aromatic nitrogens is 1. The molecule has 20 heavy (non-hydrogen) atoms. The van der Waals surface area contributed by atoms with Crippen LogP contribution in [0.15, 0.2) is 40.3 Å². The van der Waals surface area contributed by atoms with Crippen LogP contribution in [0.1, 0.15) is 0 Å². The second-order valence-corrected chi connectivity index (χ2v) is 4.36. The Labute approximate surface area is 115 Å². The van der Waals surface area contributed by atoms with E-state index < -0.39 is 0 Å². The normalized spacial score (nSPS) is 14.9. The lowest BCUT2D eigenvalue weighted by molar-refractivity contribution is 0.123. The summed E-state index contributed by atoms with van der Waals surface area (Å²) < 4.78 is 10.6. The quantitative estimate of drug-likeness (QED) is 0.487. The minimum absolute atomic E-state index is 0.586. The van der Waals surface area contributed by atoms with Crippen LogP contribution < -0.4 is 4.90 Å². The molecular weight excluding hydrogens is 258 g/mol. The van der Waals surface area contributed by atoms with Crippen LogP contribution >= 0.6 is 0 Å². The Morgan fingerprint density at radius 1 is 1.30 bits per heavy atom. The van der Waals surface area contributed by atoms with Crippen molar-refractivity contribution >= 4 is 11.4 Å². The molecular formula is C13H13N5O2. The van der Waals surface area contributed by atoms with Gasteiger partial charge in [-0.15, -0.1) is 0 Å². The third kappa shape index (κ3) is 2.45. The van der Waals surface area contributed by atoms with Crippen LogP contribution in [0.25, 0.3) is 21.8 Å². The number of hydrogen-bond donors (Lipinski definition) is 0. The van der Waals surface area contributed by atoms with Crippen LogP contribution in [-0.4, -0.2) is 31.3 Å². The average Bonchev–Trinajstić information content (AvgIpc) is 3.03. The summed E-state index contributed by atoms with van der Waals surface area (Å²) in [6.07, 6.45) is 3.00. The minimum atomic E-state index is 0.586. The molecule has 1 aliphatic heterocycles. The highest BCUT2D eigenvalue weighted by Gasteiger charge is 2.15. The molecule has 7 nitrogen and oxygen atoms in total. The Hall–Kier alpha value is -2.50. The van der Waals surface area contributed by atoms with E-state index in [0.29, 0.717) is 24.7 Å². The van der Waals surface area contributed by atoms with Crippen molar-refractivity contribution in [2.45, 2.75) is 0 Å². The predicted molar refractivity (Wildman–Crippen MR) is 73.8 cm³/mol. The number of ether oxygens (including phenoxy) is 1. The predicted octanol–water partition coefficient (Wildman–Crippen LogP) is 3.12. The van der Waals surface area contributed by atoms with E-state index in [9.17, 15) is 0 Å². The number of nitrogens with zero attached hydrogens (tertiary/aromatic N) is 5. The van der Waals surface area contributed by atoms with Gasteiger partial charge in [0.2, 0.25) is 0 Å². The number of benzene rings is 1. The number of hydrogen-bond acceptors (Lipinski definition) is 5. The standard InChI is InChI=1S/C13H13N5O2/c14-17-16-11-7-10(13-8-15-9-20-13)1-2-12(11)18-3-5-19-6-4-18/h1-2,7-9H,3-6H2. The van der Waals surface area contributed by atoms with Gasteiger partial charge in [0.1, 0.15) is 0 Å². The van der Waals surface area contributed by atoms with Gasteiger partial charge in [0.25, 0.3) is 0 Å². The zero-order chi connectivity index (χ0) is 13.8. The van der Waals surface area contributed by atoms with Gasteiger partial charge in [-0.25, -0.2) is 4.98 Å². The van der Waals surface area contributed by atoms with E-state index >= 15 is 0 Å². The van der Waals surface area contributed by atoms with Gasteiger partial charge >= 0.3 is 0 Å². The number of azide groups is 1. The maximum Gasteiger partial charge on any atom is 0.181 e. The highest BCUT2D eigenvalue weighted by Crippen LogP contribution is 2.34. The van der Waals surface area contributed by atoms with Crippen molar-refractivity contribution in [3.05, 3.63) is 41.2 Å². The van der Waals surface area contributed by atoms with E-state index in [4.69, 9.17) is 14.7 Å². The molecule has 1 aromatic heterocycles. The Morgan fingerprint density at radius 3 is 2.85 bits per heavy atom. The molecule has 7 heteroatoms. The smallest absolute Gasteiger partial charge is 0.181 e. The van der Waals surface area contributed by atoms with Crippen molar-refractivity contribution in [3.63, 3.8) is 0 Å². The highest BCUT2D eigenvalue weighted by atomic mass is 16.5. The molecule has 0 amide bonds. The summed E-state index contributed by atoms with van der Waals surface area (Å²) in [7, 11) is 0. The van der Waals surface area contributed by atoms with Crippen molar-refractivity contribution in [2.75, 3.05) is 31.2 Å². The third-order valence-corrected chi connectivity index (χ3v) is 3.20. The number of morpholine rings is 1. The van der Waals surface area contributed by atoms with Crippen LogP contribution in [-0.2, 0) is 4.74 Å². The molecule has 1 aromatic carbocycles. The molecule has 1 aliphatic rings. The van der Waals surface area contributed by atoms with Crippen molar-refractivity contribution in [1.29, 1.82) is 0 Å². The Morgan fingerprint density at radius 2 is 2.15 bits per heavy atom. The average molecular weight is 271 g/mol. The van der Waals surface area contributed by atoms with Gasteiger partial charge in [-0.05, 0) is 23.7 Å². The molecule has 0 radical (unpaired) electrons. The molecule has 0 bridgehead atoms. The van der Waals surface area contributed by atoms with Crippen LogP contribution in [0.4, 0.5) is 11.4 Å². The Kier molecular flexibility index (Phi) is 3.54.